The molecule has 0 fully saturated rings. The molecule has 0 amide bonds. The number of hydrogen-bond acceptors (Lipinski definition) is 4. The molecule has 2 aromatic rings. The zero-order chi connectivity index (χ0) is 24.4. The van der Waals surface area contributed by atoms with Crippen LogP contribution in [0, 0.1) is 0 Å². The van der Waals surface area contributed by atoms with E-state index in [1.807, 2.05) is 12.1 Å². The van der Waals surface area contributed by atoms with E-state index in [1.165, 1.54) is 57.8 Å². The molecule has 2 aromatic carbocycles. The summed E-state index contributed by atoms with van der Waals surface area (Å²) in [6.45, 7) is 4.80. The highest BCUT2D eigenvalue weighted by molar-refractivity contribution is 5.89. The van der Waals surface area contributed by atoms with Gasteiger partial charge in [-0.15, -0.1) is 0 Å². The largest absolute Gasteiger partial charge is 0.508 e. The van der Waals surface area contributed by atoms with Crippen LogP contribution >= 0.6 is 0 Å². The molecule has 1 N–H and O–H groups in total. The van der Waals surface area contributed by atoms with Crippen LogP contribution in [0.2, 0.25) is 0 Å². The maximum Gasteiger partial charge on any atom is 0.338 e. The number of hydrogen-bond donors (Lipinski definition) is 1. The summed E-state index contributed by atoms with van der Waals surface area (Å²) >= 11 is 0. The Morgan fingerprint density at radius 3 is 1.91 bits per heavy atom. The first-order chi connectivity index (χ1) is 16.6. The lowest BCUT2D eigenvalue weighted by molar-refractivity contribution is 0.0253. The van der Waals surface area contributed by atoms with E-state index in [4.69, 9.17) is 9.47 Å². The van der Waals surface area contributed by atoms with Gasteiger partial charge in [0.1, 0.15) is 24.2 Å². The van der Waals surface area contributed by atoms with Gasteiger partial charge < -0.3 is 14.6 Å². The van der Waals surface area contributed by atoms with Gasteiger partial charge >= 0.3 is 5.97 Å². The van der Waals surface area contributed by atoms with Crippen molar-refractivity contribution in [2.45, 2.75) is 110 Å². The number of ether oxygens (including phenoxy) is 2. The van der Waals surface area contributed by atoms with Crippen LogP contribution in [0.3, 0.4) is 0 Å². The molecule has 4 nitrogen and oxygen atoms in total. The Bertz CT molecular complexity index is 782. The zero-order valence-electron chi connectivity index (χ0n) is 21.3. The number of carbonyl (C=O) groups excluding carboxylic acids is 1. The number of aromatic hydroxyl groups is 1. The summed E-state index contributed by atoms with van der Waals surface area (Å²) in [6.07, 6.45) is 16.0. The Morgan fingerprint density at radius 2 is 1.32 bits per heavy atom. The predicted molar refractivity (Wildman–Crippen MR) is 139 cm³/mol. The highest BCUT2D eigenvalue weighted by Gasteiger charge is 2.15. The summed E-state index contributed by atoms with van der Waals surface area (Å²) in [5, 5.41) is 9.34. The van der Waals surface area contributed by atoms with Gasteiger partial charge in [-0.05, 0) is 61.2 Å². The minimum atomic E-state index is -0.239. The average molecular weight is 469 g/mol. The second kappa shape index (κ2) is 17.0. The second-order valence-electron chi connectivity index (χ2n) is 9.27. The standard InChI is InChI=1S/C30H44O4/c1-3-5-6-7-8-9-10-11-12-13-15-29(14-4-2)34-30(32)26-18-16-25(17-19-26)24-33-28-22-20-27(31)21-23-28/h16-23,29,31H,3-15,24H2,1-2H3. The van der Waals surface area contributed by atoms with Crippen LogP contribution in [0.25, 0.3) is 0 Å². The second-order valence-corrected chi connectivity index (χ2v) is 9.27. The summed E-state index contributed by atoms with van der Waals surface area (Å²) < 4.78 is 11.6. The van der Waals surface area contributed by atoms with Gasteiger partial charge in [-0.2, -0.15) is 0 Å². The molecule has 0 aliphatic carbocycles. The van der Waals surface area contributed by atoms with Gasteiger partial charge in [0.2, 0.25) is 0 Å². The van der Waals surface area contributed by atoms with Crippen LogP contribution in [0.5, 0.6) is 11.5 Å². The van der Waals surface area contributed by atoms with Crippen molar-refractivity contribution in [3.05, 3.63) is 59.7 Å². The summed E-state index contributed by atoms with van der Waals surface area (Å²) in [5.41, 5.74) is 1.55. The van der Waals surface area contributed by atoms with Crippen molar-refractivity contribution < 1.29 is 19.4 Å². The molecule has 34 heavy (non-hydrogen) atoms. The maximum absolute atomic E-state index is 12.7. The minimum absolute atomic E-state index is 0.00375. The molecule has 1 unspecified atom stereocenters. The number of carbonyl (C=O) groups is 1. The monoisotopic (exact) mass is 468 g/mol. The lowest BCUT2D eigenvalue weighted by Crippen LogP contribution is -2.18. The molecular formula is C30H44O4. The molecular weight excluding hydrogens is 424 g/mol. The molecule has 188 valence electrons. The quantitative estimate of drug-likeness (QED) is 0.176. The van der Waals surface area contributed by atoms with Crippen LogP contribution in [0.15, 0.2) is 48.5 Å². The van der Waals surface area contributed by atoms with Crippen LogP contribution in [-0.2, 0) is 11.3 Å². The normalized spacial score (nSPS) is 11.8. The molecule has 1 atom stereocenters. The van der Waals surface area contributed by atoms with Crippen molar-refractivity contribution in [2.75, 3.05) is 0 Å². The third kappa shape index (κ3) is 11.6. The molecule has 0 aromatic heterocycles. The zero-order valence-corrected chi connectivity index (χ0v) is 21.3. The topological polar surface area (TPSA) is 55.8 Å². The highest BCUT2D eigenvalue weighted by atomic mass is 16.5. The fourth-order valence-corrected chi connectivity index (χ4v) is 4.11. The Kier molecular flexibility index (Phi) is 13.9. The summed E-state index contributed by atoms with van der Waals surface area (Å²) in [5.74, 6) is 0.664. The van der Waals surface area contributed by atoms with E-state index in [-0.39, 0.29) is 17.8 Å². The number of unbranched alkanes of at least 4 members (excludes halogenated alkanes) is 9. The van der Waals surface area contributed by atoms with Gasteiger partial charge in [-0.3, -0.25) is 0 Å². The fourth-order valence-electron chi connectivity index (χ4n) is 4.11. The molecule has 0 spiro atoms. The molecule has 2 rings (SSSR count). The van der Waals surface area contributed by atoms with Gasteiger partial charge in [-0.25, -0.2) is 4.79 Å². The number of phenols is 1. The number of phenolic OH excluding ortho intramolecular Hbond substituents is 1. The minimum Gasteiger partial charge on any atom is -0.508 e. The average Bonchev–Trinajstić information content (AvgIpc) is 2.85. The lowest BCUT2D eigenvalue weighted by atomic mass is 10.0. The lowest BCUT2D eigenvalue weighted by Gasteiger charge is -2.17. The Labute approximate surface area is 206 Å². The molecule has 0 radical (unpaired) electrons. The van der Waals surface area contributed by atoms with E-state index in [1.54, 1.807) is 36.4 Å². The van der Waals surface area contributed by atoms with Crippen LogP contribution in [0.1, 0.15) is 113 Å². The van der Waals surface area contributed by atoms with Crippen molar-refractivity contribution in [1.82, 2.24) is 0 Å². The van der Waals surface area contributed by atoms with Gasteiger partial charge in [0.15, 0.2) is 0 Å². The Hall–Kier alpha value is -2.49. The first-order valence-corrected chi connectivity index (χ1v) is 13.3. The molecule has 0 bridgehead atoms. The van der Waals surface area contributed by atoms with Gasteiger partial charge in [0.25, 0.3) is 0 Å². The van der Waals surface area contributed by atoms with E-state index in [9.17, 15) is 9.90 Å². The summed E-state index contributed by atoms with van der Waals surface area (Å²) in [4.78, 5) is 12.7. The van der Waals surface area contributed by atoms with E-state index in [2.05, 4.69) is 13.8 Å². The van der Waals surface area contributed by atoms with Crippen LogP contribution < -0.4 is 4.74 Å². The maximum atomic E-state index is 12.7. The van der Waals surface area contributed by atoms with E-state index in [0.717, 1.165) is 31.2 Å². The van der Waals surface area contributed by atoms with Crippen molar-refractivity contribution >= 4 is 5.97 Å². The van der Waals surface area contributed by atoms with E-state index >= 15 is 0 Å². The fraction of sp³-hybridized carbons (Fsp3) is 0.567. The Balaban J connectivity index is 1.67. The Morgan fingerprint density at radius 1 is 0.735 bits per heavy atom. The van der Waals surface area contributed by atoms with Gasteiger partial charge in [-0.1, -0.05) is 90.2 Å². The smallest absolute Gasteiger partial charge is 0.338 e. The third-order valence-electron chi connectivity index (χ3n) is 6.20. The number of rotatable bonds is 18. The van der Waals surface area contributed by atoms with Crippen molar-refractivity contribution in [2.24, 2.45) is 0 Å². The first-order valence-electron chi connectivity index (χ1n) is 13.3. The van der Waals surface area contributed by atoms with Crippen molar-refractivity contribution in [1.29, 1.82) is 0 Å². The predicted octanol–water partition coefficient (Wildman–Crippen LogP) is 8.61. The molecule has 0 saturated carbocycles. The molecule has 0 heterocycles. The van der Waals surface area contributed by atoms with Gasteiger partial charge in [0, 0.05) is 0 Å². The molecule has 0 aliphatic rings. The molecule has 0 aliphatic heterocycles. The van der Waals surface area contributed by atoms with Crippen molar-refractivity contribution in [3.63, 3.8) is 0 Å². The third-order valence-corrected chi connectivity index (χ3v) is 6.20. The molecule has 0 saturated heterocycles. The SMILES string of the molecule is CCCCCCCCCCCCC(CCC)OC(=O)c1ccc(COc2ccc(O)cc2)cc1. The summed E-state index contributed by atoms with van der Waals surface area (Å²) in [7, 11) is 0. The summed E-state index contributed by atoms with van der Waals surface area (Å²) in [6, 6.07) is 14.0. The van der Waals surface area contributed by atoms with E-state index < -0.39 is 0 Å². The van der Waals surface area contributed by atoms with Gasteiger partial charge in [0.05, 0.1) is 5.56 Å². The van der Waals surface area contributed by atoms with E-state index in [0.29, 0.717) is 17.9 Å². The number of esters is 1. The van der Waals surface area contributed by atoms with Crippen molar-refractivity contribution in [3.8, 4) is 11.5 Å². The first kappa shape index (κ1) is 27.8. The van der Waals surface area contributed by atoms with Crippen LogP contribution in [-0.4, -0.2) is 17.2 Å². The van der Waals surface area contributed by atoms with Crippen LogP contribution in [0.4, 0.5) is 0 Å². The number of benzene rings is 2. The highest BCUT2D eigenvalue weighted by Crippen LogP contribution is 2.19. The molecule has 4 heteroatoms.